The highest BCUT2D eigenvalue weighted by atomic mass is 32.2. The first kappa shape index (κ1) is 17.9. The summed E-state index contributed by atoms with van der Waals surface area (Å²) in [6, 6.07) is 10.1. The molecule has 0 aliphatic heterocycles. The number of hydrogen-bond donors (Lipinski definition) is 1. The lowest BCUT2D eigenvalue weighted by atomic mass is 10.2. The molecule has 7 heteroatoms. The van der Waals surface area contributed by atoms with Crippen LogP contribution in [-0.4, -0.2) is 24.2 Å². The number of ether oxygens (including phenoxy) is 1. The molecule has 0 aliphatic carbocycles. The molecule has 2 aromatic carbocycles. The van der Waals surface area contributed by atoms with Gasteiger partial charge in [-0.25, -0.2) is 13.6 Å². The minimum absolute atomic E-state index is 0.342. The van der Waals surface area contributed by atoms with Gasteiger partial charge in [0.1, 0.15) is 17.3 Å². The van der Waals surface area contributed by atoms with Gasteiger partial charge in [0.25, 0.3) is 5.91 Å². The van der Waals surface area contributed by atoms with Crippen LogP contribution in [0.15, 0.2) is 47.4 Å². The van der Waals surface area contributed by atoms with Gasteiger partial charge < -0.3 is 10.1 Å². The fraction of sp³-hybridized carbons (Fsp3) is 0.176. The standard InChI is InChI=1S/C17H15F2NO3S/c1-2-24-14-9-4-3-6-11(14)17(22)23-10-15(21)20-16-12(18)7-5-8-13(16)19/h3-9H,2,10H2,1H3,(H,20,21). The molecule has 0 fully saturated rings. The molecule has 2 rings (SSSR count). The van der Waals surface area contributed by atoms with E-state index in [9.17, 15) is 18.4 Å². The Hall–Kier alpha value is -2.41. The molecule has 0 spiro atoms. The number of amides is 1. The molecule has 0 radical (unpaired) electrons. The fourth-order valence-corrected chi connectivity index (χ4v) is 2.71. The Morgan fingerprint density at radius 3 is 2.42 bits per heavy atom. The molecule has 0 saturated carbocycles. The lowest BCUT2D eigenvalue weighted by molar-refractivity contribution is -0.119. The van der Waals surface area contributed by atoms with Gasteiger partial charge in [0.15, 0.2) is 6.61 Å². The third-order valence-electron chi connectivity index (χ3n) is 2.97. The van der Waals surface area contributed by atoms with E-state index >= 15 is 0 Å². The number of nitrogens with one attached hydrogen (secondary N) is 1. The molecule has 1 N–H and O–H groups in total. The summed E-state index contributed by atoms with van der Waals surface area (Å²) >= 11 is 1.47. The Balaban J connectivity index is 1.98. The summed E-state index contributed by atoms with van der Waals surface area (Å²) in [5.41, 5.74) is -0.227. The SMILES string of the molecule is CCSc1ccccc1C(=O)OCC(=O)Nc1c(F)cccc1F. The van der Waals surface area contributed by atoms with Crippen molar-refractivity contribution in [3.05, 3.63) is 59.7 Å². The van der Waals surface area contributed by atoms with Crippen LogP contribution in [-0.2, 0) is 9.53 Å². The molecule has 0 saturated heterocycles. The number of carbonyl (C=O) groups excluding carboxylic acids is 2. The van der Waals surface area contributed by atoms with E-state index < -0.39 is 35.8 Å². The Labute approximate surface area is 142 Å². The van der Waals surface area contributed by atoms with Crippen LogP contribution in [0.5, 0.6) is 0 Å². The molecular weight excluding hydrogens is 336 g/mol. The van der Waals surface area contributed by atoms with Crippen LogP contribution in [0.25, 0.3) is 0 Å². The zero-order valence-corrected chi connectivity index (χ0v) is 13.7. The van der Waals surface area contributed by atoms with E-state index in [1.54, 1.807) is 24.3 Å². The zero-order valence-electron chi connectivity index (χ0n) is 12.8. The molecule has 0 heterocycles. The summed E-state index contributed by atoms with van der Waals surface area (Å²) in [6.07, 6.45) is 0. The molecule has 0 aromatic heterocycles. The first-order valence-electron chi connectivity index (χ1n) is 7.15. The summed E-state index contributed by atoms with van der Waals surface area (Å²) < 4.78 is 31.8. The van der Waals surface area contributed by atoms with Crippen molar-refractivity contribution in [3.8, 4) is 0 Å². The van der Waals surface area contributed by atoms with Gasteiger partial charge in [-0.3, -0.25) is 4.79 Å². The highest BCUT2D eigenvalue weighted by molar-refractivity contribution is 7.99. The summed E-state index contributed by atoms with van der Waals surface area (Å²) in [7, 11) is 0. The maximum Gasteiger partial charge on any atom is 0.339 e. The van der Waals surface area contributed by atoms with Crippen molar-refractivity contribution in [3.63, 3.8) is 0 Å². The Bertz CT molecular complexity index is 732. The molecule has 126 valence electrons. The van der Waals surface area contributed by atoms with E-state index in [1.165, 1.54) is 17.8 Å². The molecule has 0 aliphatic rings. The number of para-hydroxylation sites is 1. The summed E-state index contributed by atoms with van der Waals surface area (Å²) in [5, 5.41) is 2.05. The number of carbonyl (C=O) groups is 2. The summed E-state index contributed by atoms with van der Waals surface area (Å²) in [4.78, 5) is 24.5. The highest BCUT2D eigenvalue weighted by Gasteiger charge is 2.16. The number of benzene rings is 2. The molecule has 0 unspecified atom stereocenters. The van der Waals surface area contributed by atoms with E-state index in [-0.39, 0.29) is 0 Å². The smallest absolute Gasteiger partial charge is 0.339 e. The van der Waals surface area contributed by atoms with Gasteiger partial charge >= 0.3 is 5.97 Å². The van der Waals surface area contributed by atoms with Crippen LogP contribution < -0.4 is 5.32 Å². The van der Waals surface area contributed by atoms with Crippen molar-refractivity contribution < 1.29 is 23.1 Å². The van der Waals surface area contributed by atoms with Crippen molar-refractivity contribution in [1.29, 1.82) is 0 Å². The Morgan fingerprint density at radius 1 is 1.08 bits per heavy atom. The fourth-order valence-electron chi connectivity index (χ4n) is 1.92. The molecule has 4 nitrogen and oxygen atoms in total. The molecule has 1 amide bonds. The average Bonchev–Trinajstić information content (AvgIpc) is 2.57. The Kier molecular flexibility index (Phi) is 6.31. The summed E-state index contributed by atoms with van der Waals surface area (Å²) in [5.74, 6) is -2.53. The number of rotatable bonds is 6. The van der Waals surface area contributed by atoms with Crippen molar-refractivity contribution in [2.24, 2.45) is 0 Å². The van der Waals surface area contributed by atoms with Crippen LogP contribution in [0, 0.1) is 11.6 Å². The second-order valence-corrected chi connectivity index (χ2v) is 5.96. The van der Waals surface area contributed by atoms with Gasteiger partial charge in [0.2, 0.25) is 0 Å². The summed E-state index contributed by atoms with van der Waals surface area (Å²) in [6.45, 7) is 1.31. The second-order valence-electron chi connectivity index (χ2n) is 4.65. The first-order valence-corrected chi connectivity index (χ1v) is 8.14. The first-order chi connectivity index (χ1) is 11.5. The van der Waals surface area contributed by atoms with Crippen molar-refractivity contribution in [1.82, 2.24) is 0 Å². The molecule has 24 heavy (non-hydrogen) atoms. The minimum Gasteiger partial charge on any atom is -0.452 e. The lowest BCUT2D eigenvalue weighted by Crippen LogP contribution is -2.22. The van der Waals surface area contributed by atoms with Crippen molar-refractivity contribution >= 4 is 29.3 Å². The van der Waals surface area contributed by atoms with E-state index in [4.69, 9.17) is 4.74 Å². The van der Waals surface area contributed by atoms with Gasteiger partial charge in [0.05, 0.1) is 5.56 Å². The van der Waals surface area contributed by atoms with E-state index in [0.717, 1.165) is 22.8 Å². The van der Waals surface area contributed by atoms with E-state index in [0.29, 0.717) is 5.56 Å². The number of esters is 1. The van der Waals surface area contributed by atoms with Crippen LogP contribution >= 0.6 is 11.8 Å². The normalized spacial score (nSPS) is 10.3. The second kappa shape index (κ2) is 8.44. The minimum atomic E-state index is -0.903. The molecule has 0 atom stereocenters. The van der Waals surface area contributed by atoms with E-state index in [1.807, 2.05) is 6.92 Å². The Morgan fingerprint density at radius 2 is 1.75 bits per heavy atom. The zero-order chi connectivity index (χ0) is 17.5. The number of anilines is 1. The number of hydrogen-bond acceptors (Lipinski definition) is 4. The predicted octanol–water partition coefficient (Wildman–Crippen LogP) is 3.87. The third kappa shape index (κ3) is 4.55. The van der Waals surface area contributed by atoms with Crippen molar-refractivity contribution in [2.75, 3.05) is 17.7 Å². The molecular formula is C17H15F2NO3S. The van der Waals surface area contributed by atoms with Gasteiger partial charge in [-0.05, 0) is 30.0 Å². The topological polar surface area (TPSA) is 55.4 Å². The quantitative estimate of drug-likeness (QED) is 0.634. The van der Waals surface area contributed by atoms with Crippen LogP contribution in [0.1, 0.15) is 17.3 Å². The van der Waals surface area contributed by atoms with Gasteiger partial charge in [0, 0.05) is 4.90 Å². The van der Waals surface area contributed by atoms with Crippen LogP contribution in [0.4, 0.5) is 14.5 Å². The maximum atomic E-state index is 13.4. The lowest BCUT2D eigenvalue weighted by Gasteiger charge is -2.10. The predicted molar refractivity (Wildman–Crippen MR) is 88.1 cm³/mol. The highest BCUT2D eigenvalue weighted by Crippen LogP contribution is 2.23. The molecule has 0 bridgehead atoms. The maximum absolute atomic E-state index is 13.4. The number of thioether (sulfide) groups is 1. The van der Waals surface area contributed by atoms with Gasteiger partial charge in [-0.1, -0.05) is 25.1 Å². The third-order valence-corrected chi connectivity index (χ3v) is 3.92. The monoisotopic (exact) mass is 351 g/mol. The van der Waals surface area contributed by atoms with Crippen LogP contribution in [0.2, 0.25) is 0 Å². The van der Waals surface area contributed by atoms with Gasteiger partial charge in [-0.15, -0.1) is 11.8 Å². The molecule has 2 aromatic rings. The number of halogens is 2. The van der Waals surface area contributed by atoms with Gasteiger partial charge in [-0.2, -0.15) is 0 Å². The largest absolute Gasteiger partial charge is 0.452 e. The van der Waals surface area contributed by atoms with Crippen molar-refractivity contribution in [2.45, 2.75) is 11.8 Å². The van der Waals surface area contributed by atoms with Crippen LogP contribution in [0.3, 0.4) is 0 Å². The van der Waals surface area contributed by atoms with E-state index in [2.05, 4.69) is 5.32 Å². The average molecular weight is 351 g/mol.